The van der Waals surface area contributed by atoms with Gasteiger partial charge in [0.25, 0.3) is 0 Å². The Kier molecular flexibility index (Phi) is 3.59. The van der Waals surface area contributed by atoms with Gasteiger partial charge in [-0.25, -0.2) is 4.98 Å². The molecule has 3 aromatic carbocycles. The van der Waals surface area contributed by atoms with E-state index in [0.717, 1.165) is 48.3 Å². The van der Waals surface area contributed by atoms with Crippen molar-refractivity contribution in [2.24, 2.45) is 0 Å². The zero-order valence-electron chi connectivity index (χ0n) is 15.1. The molecular formula is C24H17NOS. The molecular weight excluding hydrogens is 350 g/mol. The Bertz CT molecular complexity index is 1350. The quantitative estimate of drug-likeness (QED) is 0.261. The summed E-state index contributed by atoms with van der Waals surface area (Å²) in [6, 6.07) is 22.2. The molecule has 2 aliphatic rings. The number of fused-ring (bicyclic) bond motifs is 4. The lowest BCUT2D eigenvalue weighted by Crippen LogP contribution is -2.10. The molecule has 0 unspecified atom stereocenters. The van der Waals surface area contributed by atoms with Gasteiger partial charge in [-0.2, -0.15) is 0 Å². The van der Waals surface area contributed by atoms with Crippen molar-refractivity contribution in [3.05, 3.63) is 88.1 Å². The summed E-state index contributed by atoms with van der Waals surface area (Å²) in [6.45, 7) is 4.14. The molecule has 130 valence electrons. The van der Waals surface area contributed by atoms with Crippen molar-refractivity contribution in [1.82, 2.24) is 4.98 Å². The molecule has 27 heavy (non-hydrogen) atoms. The summed E-state index contributed by atoms with van der Waals surface area (Å²) in [7, 11) is 0. The first-order valence-corrected chi connectivity index (χ1v) is 9.77. The molecule has 0 saturated carbocycles. The highest BCUT2D eigenvalue weighted by Gasteiger charge is 2.22. The number of rotatable bonds is 1. The van der Waals surface area contributed by atoms with Crippen molar-refractivity contribution in [1.29, 1.82) is 0 Å². The molecule has 0 spiro atoms. The molecule has 0 bridgehead atoms. The van der Waals surface area contributed by atoms with Crippen molar-refractivity contribution in [3.63, 3.8) is 0 Å². The van der Waals surface area contributed by atoms with E-state index in [1.54, 1.807) is 11.3 Å². The standard InChI is InChI=1S/C24H17NOS/c1-14-12-17-18(13-15(14)2)23(26)21(16-8-4-3-5-9-16)24-22(17)25-19-10-6-7-11-20(19)27-24/h3-13H,1-2H3. The third-order valence-electron chi connectivity index (χ3n) is 5.17. The Labute approximate surface area is 161 Å². The van der Waals surface area contributed by atoms with Crippen molar-refractivity contribution in [3.8, 4) is 21.7 Å². The average Bonchev–Trinajstić information content (AvgIpc) is 2.69. The smallest absolute Gasteiger partial charge is 0.195 e. The number of aromatic nitrogens is 1. The summed E-state index contributed by atoms with van der Waals surface area (Å²) in [6.07, 6.45) is 0. The number of hydrogen-bond donors (Lipinski definition) is 0. The third kappa shape index (κ3) is 2.47. The third-order valence-corrected chi connectivity index (χ3v) is 6.34. The minimum Gasteiger partial charge on any atom is -0.289 e. The van der Waals surface area contributed by atoms with Crippen LogP contribution >= 0.6 is 11.3 Å². The molecule has 0 N–H and O–H groups in total. The van der Waals surface area contributed by atoms with E-state index in [-0.39, 0.29) is 5.43 Å². The SMILES string of the molecule is Cc1cc2c3nc4ccccc4sc-3c(-c3ccccc3)c(=O)c2cc1C. The first-order chi connectivity index (χ1) is 13.1. The molecule has 0 amide bonds. The molecule has 3 aromatic rings. The van der Waals surface area contributed by atoms with Gasteiger partial charge in [0.2, 0.25) is 0 Å². The van der Waals surface area contributed by atoms with Gasteiger partial charge in [-0.1, -0.05) is 42.5 Å². The van der Waals surface area contributed by atoms with Crippen molar-refractivity contribution in [2.75, 3.05) is 0 Å². The number of benzene rings is 4. The van der Waals surface area contributed by atoms with Gasteiger partial charge >= 0.3 is 0 Å². The highest BCUT2D eigenvalue weighted by Crippen LogP contribution is 2.41. The summed E-state index contributed by atoms with van der Waals surface area (Å²) in [4.78, 5) is 19.5. The Balaban J connectivity index is 2.06. The van der Waals surface area contributed by atoms with E-state index >= 15 is 0 Å². The average molecular weight is 367 g/mol. The summed E-state index contributed by atoms with van der Waals surface area (Å²) >= 11 is 1.65. The zero-order chi connectivity index (χ0) is 18.5. The van der Waals surface area contributed by atoms with E-state index in [2.05, 4.69) is 26.0 Å². The van der Waals surface area contributed by atoms with Crippen LogP contribution in [0.2, 0.25) is 0 Å². The molecule has 5 rings (SSSR count). The van der Waals surface area contributed by atoms with E-state index in [4.69, 9.17) is 4.98 Å². The summed E-state index contributed by atoms with van der Waals surface area (Å²) in [5.74, 6) is 0. The first kappa shape index (κ1) is 16.2. The number of para-hydroxylation sites is 1. The van der Waals surface area contributed by atoms with Crippen LogP contribution in [0.15, 0.2) is 71.5 Å². The van der Waals surface area contributed by atoms with Crippen molar-refractivity contribution >= 4 is 32.3 Å². The van der Waals surface area contributed by atoms with E-state index < -0.39 is 0 Å². The fourth-order valence-corrected chi connectivity index (χ4v) is 4.77. The lowest BCUT2D eigenvalue weighted by Gasteiger charge is -2.16. The van der Waals surface area contributed by atoms with Gasteiger partial charge < -0.3 is 0 Å². The number of aryl methyl sites for hydroxylation is 2. The van der Waals surface area contributed by atoms with Gasteiger partial charge in [0.1, 0.15) is 0 Å². The van der Waals surface area contributed by atoms with Crippen LogP contribution in [-0.4, -0.2) is 4.98 Å². The maximum absolute atomic E-state index is 13.5. The van der Waals surface area contributed by atoms with E-state index in [0.29, 0.717) is 0 Å². The van der Waals surface area contributed by atoms with Crippen LogP contribution in [0.25, 0.3) is 42.7 Å². The molecule has 0 aromatic heterocycles. The zero-order valence-corrected chi connectivity index (χ0v) is 15.9. The predicted molar refractivity (Wildman–Crippen MR) is 115 cm³/mol. The van der Waals surface area contributed by atoms with Gasteiger partial charge in [0, 0.05) is 16.3 Å². The summed E-state index contributed by atoms with van der Waals surface area (Å²) < 4.78 is 1.09. The molecule has 0 fully saturated rings. The molecule has 1 heterocycles. The van der Waals surface area contributed by atoms with Gasteiger partial charge in [-0.15, -0.1) is 11.3 Å². The van der Waals surface area contributed by atoms with Crippen molar-refractivity contribution < 1.29 is 0 Å². The van der Waals surface area contributed by atoms with Crippen LogP contribution in [0.3, 0.4) is 0 Å². The van der Waals surface area contributed by atoms with E-state index in [1.165, 1.54) is 5.56 Å². The van der Waals surface area contributed by atoms with Crippen LogP contribution in [0.1, 0.15) is 11.1 Å². The molecule has 0 radical (unpaired) electrons. The Morgan fingerprint density at radius 1 is 0.815 bits per heavy atom. The normalized spacial score (nSPS) is 11.5. The Morgan fingerprint density at radius 2 is 1.48 bits per heavy atom. The molecule has 2 nitrogen and oxygen atoms in total. The number of hydrogen-bond acceptors (Lipinski definition) is 3. The van der Waals surface area contributed by atoms with Crippen molar-refractivity contribution in [2.45, 2.75) is 13.8 Å². The second-order valence-electron chi connectivity index (χ2n) is 6.91. The van der Waals surface area contributed by atoms with E-state index in [1.807, 2.05) is 54.6 Å². The predicted octanol–water partition coefficient (Wildman–Crippen LogP) is 6.20. The largest absolute Gasteiger partial charge is 0.289 e. The van der Waals surface area contributed by atoms with Crippen LogP contribution < -0.4 is 5.43 Å². The van der Waals surface area contributed by atoms with Crippen LogP contribution in [0.5, 0.6) is 0 Å². The minimum atomic E-state index is 0.0835. The van der Waals surface area contributed by atoms with Gasteiger partial charge in [-0.05, 0) is 54.8 Å². The Hall–Kier alpha value is -3.04. The lowest BCUT2D eigenvalue weighted by atomic mass is 9.93. The van der Waals surface area contributed by atoms with Crippen LogP contribution in [0, 0.1) is 13.8 Å². The maximum atomic E-state index is 13.5. The monoisotopic (exact) mass is 367 g/mol. The second-order valence-corrected chi connectivity index (χ2v) is 7.96. The maximum Gasteiger partial charge on any atom is 0.195 e. The second kappa shape index (κ2) is 6.00. The fraction of sp³-hybridized carbons (Fsp3) is 0.0833. The Morgan fingerprint density at radius 3 is 2.26 bits per heavy atom. The molecule has 0 saturated heterocycles. The van der Waals surface area contributed by atoms with Crippen LogP contribution in [0.4, 0.5) is 0 Å². The topological polar surface area (TPSA) is 30.0 Å². The van der Waals surface area contributed by atoms with Gasteiger partial charge in [-0.3, -0.25) is 4.79 Å². The fourth-order valence-electron chi connectivity index (χ4n) is 3.62. The molecule has 1 aliphatic heterocycles. The highest BCUT2D eigenvalue weighted by molar-refractivity contribution is 7.22. The van der Waals surface area contributed by atoms with E-state index in [9.17, 15) is 4.79 Å². The van der Waals surface area contributed by atoms with Gasteiger partial charge in [0.05, 0.1) is 20.8 Å². The summed E-state index contributed by atoms with van der Waals surface area (Å²) in [5, 5.41) is 1.69. The minimum absolute atomic E-state index is 0.0835. The number of nitrogens with zero attached hydrogens (tertiary/aromatic N) is 1. The highest BCUT2D eigenvalue weighted by atomic mass is 32.1. The van der Waals surface area contributed by atoms with Crippen LogP contribution in [-0.2, 0) is 0 Å². The lowest BCUT2D eigenvalue weighted by molar-refractivity contribution is 1.35. The molecule has 3 heteroatoms. The van der Waals surface area contributed by atoms with Gasteiger partial charge in [0.15, 0.2) is 5.43 Å². The molecule has 1 aliphatic carbocycles. The molecule has 0 atom stereocenters. The first-order valence-electron chi connectivity index (χ1n) is 8.95. The summed E-state index contributed by atoms with van der Waals surface area (Å²) in [5.41, 5.74) is 5.96.